The molecule has 6 aromatic rings. The molecule has 25 heteroatoms. The number of nitrogens with two attached hydrogens (primary N) is 2. The van der Waals surface area contributed by atoms with Crippen molar-refractivity contribution in [1.82, 2.24) is 57.5 Å². The second-order valence-electron chi connectivity index (χ2n) is 22.0. The zero-order chi connectivity index (χ0) is 63.9. The molecule has 2 aromatic heterocycles. The number of nitrogens with one attached hydrogen (secondary N) is 10. The number of aromatic hydroxyl groups is 1. The van der Waals surface area contributed by atoms with Gasteiger partial charge in [0.05, 0.1) is 24.8 Å². The number of carboxylic acids is 1. The molecule has 0 aliphatic rings. The number of unbranched alkanes of at least 4 members (excludes halogenated alkanes) is 1. The maximum Gasteiger partial charge on any atom is 0.326 e. The summed E-state index contributed by atoms with van der Waals surface area (Å²) in [5.41, 5.74) is 15.3. The van der Waals surface area contributed by atoms with Gasteiger partial charge in [0.15, 0.2) is 0 Å². The topological polar surface area (TPSA) is 404 Å². The van der Waals surface area contributed by atoms with E-state index in [0.717, 1.165) is 10.9 Å². The van der Waals surface area contributed by atoms with Gasteiger partial charge in [0, 0.05) is 54.7 Å². The Morgan fingerprint density at radius 2 is 1.15 bits per heavy atom. The molecule has 0 aliphatic carbocycles. The van der Waals surface area contributed by atoms with Gasteiger partial charge in [0.1, 0.15) is 48.0 Å². The fraction of sp³-hybridized carbons (Fsp3) is 0.381. The summed E-state index contributed by atoms with van der Waals surface area (Å²) in [5.74, 6) is -8.70. The number of aromatic amines is 2. The lowest BCUT2D eigenvalue weighted by Gasteiger charge is -2.28. The number of fused-ring (bicyclic) bond motifs is 1. The predicted octanol–water partition coefficient (Wildman–Crippen LogP) is 2.05. The predicted molar refractivity (Wildman–Crippen MR) is 326 cm³/mol. The molecule has 468 valence electrons. The molecular formula is C63H79N13O12. The molecule has 0 saturated carbocycles. The molecule has 0 unspecified atom stereocenters. The van der Waals surface area contributed by atoms with Gasteiger partial charge in [-0.1, -0.05) is 125 Å². The van der Waals surface area contributed by atoms with E-state index in [1.54, 1.807) is 98.9 Å². The molecular weight excluding hydrogens is 1130 g/mol. The van der Waals surface area contributed by atoms with Gasteiger partial charge in [0.25, 0.3) is 0 Å². The quantitative estimate of drug-likeness (QED) is 0.0275. The van der Waals surface area contributed by atoms with Gasteiger partial charge in [-0.25, -0.2) is 9.78 Å². The van der Waals surface area contributed by atoms with Crippen LogP contribution in [0.5, 0.6) is 5.75 Å². The Hall–Kier alpha value is -9.91. The summed E-state index contributed by atoms with van der Waals surface area (Å²) in [7, 11) is 0. The van der Waals surface area contributed by atoms with Gasteiger partial charge >= 0.3 is 5.97 Å². The summed E-state index contributed by atoms with van der Waals surface area (Å²) in [6.45, 7) is 6.62. The fourth-order valence-corrected chi connectivity index (χ4v) is 9.74. The molecule has 16 N–H and O–H groups in total. The van der Waals surface area contributed by atoms with Crippen LogP contribution in [-0.2, 0) is 73.6 Å². The third-order valence-electron chi connectivity index (χ3n) is 14.7. The summed E-state index contributed by atoms with van der Waals surface area (Å²) >= 11 is 0. The summed E-state index contributed by atoms with van der Waals surface area (Å²) in [6, 6.07) is 19.1. The molecule has 9 amide bonds. The van der Waals surface area contributed by atoms with Crippen molar-refractivity contribution in [3.8, 4) is 5.75 Å². The van der Waals surface area contributed by atoms with Crippen LogP contribution in [0.1, 0.15) is 100 Å². The van der Waals surface area contributed by atoms with E-state index in [0.29, 0.717) is 40.8 Å². The normalized spacial score (nSPS) is 14.2. The molecule has 0 aliphatic heterocycles. The fourth-order valence-electron chi connectivity index (χ4n) is 9.74. The molecule has 0 spiro atoms. The number of phenolic OH excluding ortho intramolecular Hbond substituents is 1. The minimum Gasteiger partial charge on any atom is -0.508 e. The van der Waals surface area contributed by atoms with Gasteiger partial charge in [0.2, 0.25) is 53.2 Å². The number of aliphatic carboxylic acids is 1. The molecule has 0 saturated heterocycles. The lowest BCUT2D eigenvalue weighted by atomic mass is 9.99. The minimum atomic E-state index is -1.40. The highest BCUT2D eigenvalue weighted by Crippen LogP contribution is 2.21. The minimum absolute atomic E-state index is 0.0116. The highest BCUT2D eigenvalue weighted by Gasteiger charge is 2.35. The van der Waals surface area contributed by atoms with Crippen LogP contribution in [0.3, 0.4) is 0 Å². The Bertz CT molecular complexity index is 3320. The molecule has 4 aromatic carbocycles. The maximum atomic E-state index is 14.5. The first kappa shape index (κ1) is 67.2. The lowest BCUT2D eigenvalue weighted by molar-refractivity contribution is -0.142. The largest absolute Gasteiger partial charge is 0.508 e. The zero-order valence-corrected chi connectivity index (χ0v) is 49.5. The summed E-state index contributed by atoms with van der Waals surface area (Å²) < 4.78 is 0. The number of amides is 9. The van der Waals surface area contributed by atoms with Crippen LogP contribution >= 0.6 is 0 Å². The van der Waals surface area contributed by atoms with Crippen LogP contribution in [-0.4, -0.2) is 133 Å². The third kappa shape index (κ3) is 20.7. The molecule has 9 atom stereocenters. The number of aromatic nitrogens is 3. The summed E-state index contributed by atoms with van der Waals surface area (Å²) in [5, 5.41) is 42.0. The number of rotatable bonds is 34. The van der Waals surface area contributed by atoms with Gasteiger partial charge in [-0.15, -0.1) is 0 Å². The van der Waals surface area contributed by atoms with Crippen molar-refractivity contribution in [2.45, 2.75) is 146 Å². The van der Waals surface area contributed by atoms with Crippen molar-refractivity contribution in [3.05, 3.63) is 156 Å². The van der Waals surface area contributed by atoms with E-state index in [9.17, 15) is 58.2 Å². The Morgan fingerprint density at radius 1 is 0.568 bits per heavy atom. The van der Waals surface area contributed by atoms with Crippen LogP contribution in [0.25, 0.3) is 10.9 Å². The average molecular weight is 1210 g/mol. The second kappa shape index (κ2) is 33.1. The Kier molecular flexibility index (Phi) is 25.3. The number of benzene rings is 4. The van der Waals surface area contributed by atoms with Crippen molar-refractivity contribution in [2.24, 2.45) is 17.4 Å². The SMILES string of the molecule is CCCC[C@H](NC(=O)[C@H](Cc1ccccc1)NC(=O)[C@H](Cc1cnc[nH]1)NC(=O)C[C@H](NC(=O)[C@@H](NC(=O)[C@H](C)NC(=O)[C@H](Cc1c[nH]c2ccccc12)NC(=O)[C@H](CCC(N)=O)NC(=O)[C@H](N)Cc1ccc(O)cc1)C(C)C)c1ccccc1)C(=O)O. The molecule has 0 fully saturated rings. The van der Waals surface area contributed by atoms with Crippen LogP contribution in [0.4, 0.5) is 0 Å². The van der Waals surface area contributed by atoms with Crippen molar-refractivity contribution in [3.63, 3.8) is 0 Å². The summed E-state index contributed by atoms with van der Waals surface area (Å²) in [4.78, 5) is 147. The maximum absolute atomic E-state index is 14.5. The number of nitrogens with zero attached hydrogens (tertiary/aromatic N) is 1. The van der Waals surface area contributed by atoms with E-state index in [2.05, 4.69) is 57.5 Å². The number of carbonyl (C=O) groups excluding carboxylic acids is 9. The van der Waals surface area contributed by atoms with E-state index >= 15 is 0 Å². The number of hydrogen-bond acceptors (Lipinski definition) is 13. The Morgan fingerprint density at radius 3 is 1.77 bits per heavy atom. The number of H-pyrrole nitrogens is 2. The first-order chi connectivity index (χ1) is 42.1. The standard InChI is InChI=1S/C63H79N13O12/c1-5-6-20-48(63(87)88)72-60(84)50(29-38-15-9-7-10-16-38)74-61(85)52(31-42-34-66-35-68-42)70-54(79)32-49(40-17-11-8-12-18-40)73-62(86)55(36(2)3)76-56(80)37(4)69-59(83)51(30-41-33-67-46-21-14-13-19-44(41)46)75-58(82)47(26-27-53(65)78)71-57(81)45(64)28-39-22-24-43(77)25-23-39/h7-19,21-25,33-37,45,47-52,55,67,77H,5-6,20,26-32,64H2,1-4H3,(H2,65,78)(H,66,68)(H,69,83)(H,70,79)(H,71,81)(H,72,84)(H,73,86)(H,74,85)(H,75,82)(H,76,80)(H,87,88)/t37-,45+,47-,48-,49-,50-,51-,52-,55-/m0/s1. The number of para-hydroxylation sites is 1. The molecule has 6 rings (SSSR count). The highest BCUT2D eigenvalue weighted by atomic mass is 16.4. The first-order valence-electron chi connectivity index (χ1n) is 29.2. The van der Waals surface area contributed by atoms with Crippen molar-refractivity contribution in [1.29, 1.82) is 0 Å². The van der Waals surface area contributed by atoms with Gasteiger partial charge < -0.3 is 74.2 Å². The van der Waals surface area contributed by atoms with Crippen LogP contribution in [0, 0.1) is 5.92 Å². The molecule has 88 heavy (non-hydrogen) atoms. The molecule has 25 nitrogen and oxygen atoms in total. The highest BCUT2D eigenvalue weighted by molar-refractivity contribution is 5.97. The van der Waals surface area contributed by atoms with Gasteiger partial charge in [-0.2, -0.15) is 0 Å². The van der Waals surface area contributed by atoms with Crippen molar-refractivity contribution < 1.29 is 58.2 Å². The van der Waals surface area contributed by atoms with Crippen LogP contribution in [0.2, 0.25) is 0 Å². The van der Waals surface area contributed by atoms with E-state index in [4.69, 9.17) is 11.5 Å². The number of phenols is 1. The monoisotopic (exact) mass is 1210 g/mol. The average Bonchev–Trinajstić information content (AvgIpc) is 4.17. The second-order valence-corrected chi connectivity index (χ2v) is 22.0. The number of carboxylic acid groups (broad SMARTS) is 1. The number of primary amides is 1. The van der Waals surface area contributed by atoms with E-state index < -0.39 is 126 Å². The molecule has 2 heterocycles. The third-order valence-corrected chi connectivity index (χ3v) is 14.7. The van der Waals surface area contributed by atoms with Gasteiger partial charge in [-0.05, 0) is 72.6 Å². The zero-order valence-electron chi connectivity index (χ0n) is 49.5. The van der Waals surface area contributed by atoms with Crippen LogP contribution < -0.4 is 54.0 Å². The van der Waals surface area contributed by atoms with E-state index in [1.165, 1.54) is 31.6 Å². The Balaban J connectivity index is 1.17. The summed E-state index contributed by atoms with van der Waals surface area (Å²) in [6.07, 6.45) is 4.67. The van der Waals surface area contributed by atoms with Crippen LogP contribution in [0.15, 0.2) is 128 Å². The van der Waals surface area contributed by atoms with E-state index in [1.807, 2.05) is 25.1 Å². The lowest BCUT2D eigenvalue weighted by Crippen LogP contribution is -2.59. The first-order valence-corrected chi connectivity index (χ1v) is 29.2. The molecule has 0 bridgehead atoms. The smallest absolute Gasteiger partial charge is 0.326 e. The number of imidazole rings is 1. The van der Waals surface area contributed by atoms with Gasteiger partial charge in [-0.3, -0.25) is 43.2 Å². The van der Waals surface area contributed by atoms with Crippen molar-refractivity contribution >= 4 is 70.0 Å². The number of hydrogen-bond donors (Lipinski definition) is 14. The van der Waals surface area contributed by atoms with Crippen molar-refractivity contribution in [2.75, 3.05) is 0 Å². The van der Waals surface area contributed by atoms with E-state index in [-0.39, 0.29) is 50.7 Å². The number of carbonyl (C=O) groups is 10. The molecule has 0 radical (unpaired) electrons. The Labute approximate surface area is 509 Å².